The van der Waals surface area contributed by atoms with E-state index in [1.54, 1.807) is 30.6 Å². The van der Waals surface area contributed by atoms with Gasteiger partial charge in [0.15, 0.2) is 5.82 Å². The number of aryl methyl sites for hydroxylation is 1. The number of hydrogen-bond acceptors (Lipinski definition) is 4. The Hall–Kier alpha value is -2.37. The van der Waals surface area contributed by atoms with Gasteiger partial charge < -0.3 is 15.0 Å². The van der Waals surface area contributed by atoms with E-state index >= 15 is 0 Å². The molecule has 0 radical (unpaired) electrons. The van der Waals surface area contributed by atoms with Gasteiger partial charge in [0.2, 0.25) is 0 Å². The molecule has 0 bridgehead atoms. The Morgan fingerprint density at radius 3 is 2.65 bits per heavy atom. The molecule has 0 amide bonds. The Morgan fingerprint density at radius 2 is 2.12 bits per heavy atom. The van der Waals surface area contributed by atoms with Crippen molar-refractivity contribution in [1.82, 2.24) is 14.8 Å². The number of carbonyl (C=O) groups is 1. The number of aromatic carboxylic acids is 1. The molecule has 0 unspecified atom stereocenters. The van der Waals surface area contributed by atoms with Gasteiger partial charge in [-0.25, -0.2) is 4.79 Å². The maximum atomic E-state index is 10.7. The fraction of sp³-hybridized carbons (Fsp3) is 0.182. The number of hydrogen-bond donors (Lipinski definition) is 2. The van der Waals surface area contributed by atoms with E-state index in [0.29, 0.717) is 6.54 Å². The van der Waals surface area contributed by atoms with Crippen molar-refractivity contribution in [3.63, 3.8) is 0 Å². The summed E-state index contributed by atoms with van der Waals surface area (Å²) in [5, 5.41) is 19.6. The molecule has 6 heteroatoms. The van der Waals surface area contributed by atoms with Crippen molar-refractivity contribution in [3.8, 4) is 0 Å². The number of carboxylic acid groups (broad SMARTS) is 1. The fourth-order valence-corrected chi connectivity index (χ4v) is 1.38. The molecule has 0 aliphatic carbocycles. The number of nitrogens with zero attached hydrogens (tertiary/aromatic N) is 3. The number of rotatable bonds is 4. The lowest BCUT2D eigenvalue weighted by atomic mass is 10.2. The minimum atomic E-state index is -0.926. The zero-order chi connectivity index (χ0) is 12.3. The highest BCUT2D eigenvalue weighted by molar-refractivity contribution is 5.87. The summed E-state index contributed by atoms with van der Waals surface area (Å²) in [5.74, 6) is -0.114. The first-order valence-corrected chi connectivity index (χ1v) is 5.07. The summed E-state index contributed by atoms with van der Waals surface area (Å²) in [7, 11) is 1.87. The molecule has 0 spiro atoms. The van der Waals surface area contributed by atoms with Crippen molar-refractivity contribution in [3.05, 3.63) is 42.0 Å². The molecular weight excluding hydrogens is 220 g/mol. The van der Waals surface area contributed by atoms with Crippen LogP contribution in [0.15, 0.2) is 30.6 Å². The number of anilines is 1. The first kappa shape index (κ1) is 11.1. The Bertz CT molecular complexity index is 519. The van der Waals surface area contributed by atoms with Gasteiger partial charge in [-0.2, -0.15) is 0 Å². The molecule has 0 saturated carbocycles. The van der Waals surface area contributed by atoms with Gasteiger partial charge in [-0.15, -0.1) is 10.2 Å². The van der Waals surface area contributed by atoms with E-state index in [1.807, 2.05) is 11.6 Å². The summed E-state index contributed by atoms with van der Waals surface area (Å²) in [4.78, 5) is 10.7. The van der Waals surface area contributed by atoms with Crippen LogP contribution in [0, 0.1) is 0 Å². The van der Waals surface area contributed by atoms with E-state index in [-0.39, 0.29) is 5.56 Å². The van der Waals surface area contributed by atoms with Crippen LogP contribution in [0.25, 0.3) is 0 Å². The number of carboxylic acids is 1. The molecule has 0 atom stereocenters. The second-order valence-electron chi connectivity index (χ2n) is 3.59. The summed E-state index contributed by atoms with van der Waals surface area (Å²) in [6.45, 7) is 0.545. The van der Waals surface area contributed by atoms with Gasteiger partial charge in [-0.1, -0.05) is 0 Å². The Kier molecular flexibility index (Phi) is 3.04. The molecule has 0 fully saturated rings. The molecule has 88 valence electrons. The van der Waals surface area contributed by atoms with Crippen molar-refractivity contribution in [2.24, 2.45) is 7.05 Å². The van der Waals surface area contributed by atoms with E-state index in [2.05, 4.69) is 15.5 Å². The lowest BCUT2D eigenvalue weighted by Gasteiger charge is -2.05. The molecule has 2 rings (SSSR count). The SMILES string of the molecule is Cn1cnnc1CNc1ccc(C(=O)O)cc1. The van der Waals surface area contributed by atoms with Gasteiger partial charge in [0.1, 0.15) is 6.33 Å². The van der Waals surface area contributed by atoms with E-state index in [1.165, 1.54) is 0 Å². The zero-order valence-electron chi connectivity index (χ0n) is 9.29. The van der Waals surface area contributed by atoms with Crippen LogP contribution >= 0.6 is 0 Å². The van der Waals surface area contributed by atoms with Gasteiger partial charge in [-0.05, 0) is 24.3 Å². The lowest BCUT2D eigenvalue weighted by molar-refractivity contribution is 0.0697. The molecule has 1 aromatic carbocycles. The van der Waals surface area contributed by atoms with Gasteiger partial charge in [0, 0.05) is 12.7 Å². The van der Waals surface area contributed by atoms with Crippen LogP contribution < -0.4 is 5.32 Å². The van der Waals surface area contributed by atoms with Crippen molar-refractivity contribution in [1.29, 1.82) is 0 Å². The molecule has 2 aromatic rings. The molecule has 0 aliphatic heterocycles. The second kappa shape index (κ2) is 4.65. The molecular formula is C11H12N4O2. The third-order valence-electron chi connectivity index (χ3n) is 2.39. The van der Waals surface area contributed by atoms with Crippen molar-refractivity contribution in [2.45, 2.75) is 6.54 Å². The van der Waals surface area contributed by atoms with Crippen molar-refractivity contribution < 1.29 is 9.90 Å². The third kappa shape index (κ3) is 2.60. The summed E-state index contributed by atoms with van der Waals surface area (Å²) < 4.78 is 1.82. The summed E-state index contributed by atoms with van der Waals surface area (Å²) >= 11 is 0. The lowest BCUT2D eigenvalue weighted by Crippen LogP contribution is -2.06. The van der Waals surface area contributed by atoms with Gasteiger partial charge in [0.05, 0.1) is 12.1 Å². The van der Waals surface area contributed by atoms with Gasteiger partial charge >= 0.3 is 5.97 Å². The molecule has 1 aromatic heterocycles. The Morgan fingerprint density at radius 1 is 1.41 bits per heavy atom. The highest BCUT2D eigenvalue weighted by atomic mass is 16.4. The molecule has 0 aliphatic rings. The normalized spacial score (nSPS) is 10.2. The largest absolute Gasteiger partial charge is 0.478 e. The highest BCUT2D eigenvalue weighted by Crippen LogP contribution is 2.10. The maximum absolute atomic E-state index is 10.7. The average Bonchev–Trinajstić information content (AvgIpc) is 2.73. The van der Waals surface area contributed by atoms with E-state index < -0.39 is 5.97 Å². The van der Waals surface area contributed by atoms with Gasteiger partial charge in [0.25, 0.3) is 0 Å². The van der Waals surface area contributed by atoms with Crippen LogP contribution in [-0.2, 0) is 13.6 Å². The minimum absolute atomic E-state index is 0.272. The summed E-state index contributed by atoms with van der Waals surface area (Å²) in [6, 6.07) is 6.56. The van der Waals surface area contributed by atoms with Gasteiger partial charge in [-0.3, -0.25) is 0 Å². The van der Waals surface area contributed by atoms with Crippen LogP contribution in [0.3, 0.4) is 0 Å². The maximum Gasteiger partial charge on any atom is 0.335 e. The van der Waals surface area contributed by atoms with Crippen LogP contribution in [0.2, 0.25) is 0 Å². The molecule has 0 saturated heterocycles. The molecule has 1 heterocycles. The number of nitrogens with one attached hydrogen (secondary N) is 1. The monoisotopic (exact) mass is 232 g/mol. The van der Waals surface area contributed by atoms with Crippen LogP contribution in [-0.4, -0.2) is 25.8 Å². The van der Waals surface area contributed by atoms with E-state index in [0.717, 1.165) is 11.5 Å². The molecule has 6 nitrogen and oxygen atoms in total. The number of aromatic nitrogens is 3. The first-order chi connectivity index (χ1) is 8.16. The standard InChI is InChI=1S/C11H12N4O2/c1-15-7-13-14-10(15)6-12-9-4-2-8(3-5-9)11(16)17/h2-5,7,12H,6H2,1H3,(H,16,17). The summed E-state index contributed by atoms with van der Waals surface area (Å²) in [5.41, 5.74) is 1.12. The Labute approximate surface area is 97.9 Å². The quantitative estimate of drug-likeness (QED) is 0.825. The average molecular weight is 232 g/mol. The Balaban J connectivity index is 2.00. The second-order valence-corrected chi connectivity index (χ2v) is 3.59. The predicted molar refractivity (Wildman–Crippen MR) is 61.7 cm³/mol. The topological polar surface area (TPSA) is 80.0 Å². The molecule has 2 N–H and O–H groups in total. The fourth-order valence-electron chi connectivity index (χ4n) is 1.38. The highest BCUT2D eigenvalue weighted by Gasteiger charge is 2.03. The number of benzene rings is 1. The van der Waals surface area contributed by atoms with Crippen LogP contribution in [0.5, 0.6) is 0 Å². The predicted octanol–water partition coefficient (Wildman–Crippen LogP) is 1.13. The first-order valence-electron chi connectivity index (χ1n) is 5.07. The van der Waals surface area contributed by atoms with Crippen molar-refractivity contribution in [2.75, 3.05) is 5.32 Å². The summed E-state index contributed by atoms with van der Waals surface area (Å²) in [6.07, 6.45) is 1.63. The van der Waals surface area contributed by atoms with Crippen LogP contribution in [0.1, 0.15) is 16.2 Å². The van der Waals surface area contributed by atoms with Crippen molar-refractivity contribution >= 4 is 11.7 Å². The smallest absolute Gasteiger partial charge is 0.335 e. The third-order valence-corrected chi connectivity index (χ3v) is 2.39. The van der Waals surface area contributed by atoms with E-state index in [9.17, 15) is 4.79 Å². The van der Waals surface area contributed by atoms with E-state index in [4.69, 9.17) is 5.11 Å². The van der Waals surface area contributed by atoms with Crippen LogP contribution in [0.4, 0.5) is 5.69 Å². The minimum Gasteiger partial charge on any atom is -0.478 e. The molecule has 17 heavy (non-hydrogen) atoms. The zero-order valence-corrected chi connectivity index (χ0v) is 9.29.